The van der Waals surface area contributed by atoms with Gasteiger partial charge < -0.3 is 9.84 Å². The molecule has 0 spiro atoms. The number of esters is 1. The molecule has 22 heavy (non-hydrogen) atoms. The second-order valence-corrected chi connectivity index (χ2v) is 6.88. The van der Waals surface area contributed by atoms with Crippen LogP contribution in [0.2, 0.25) is 0 Å². The van der Waals surface area contributed by atoms with Crippen LogP contribution in [0.5, 0.6) is 0 Å². The molecule has 1 fully saturated rings. The molecule has 1 atom stereocenters. The Morgan fingerprint density at radius 1 is 1.45 bits per heavy atom. The summed E-state index contributed by atoms with van der Waals surface area (Å²) in [5, 5.41) is 10.6. The molecule has 1 aromatic carbocycles. The van der Waals surface area contributed by atoms with Crippen molar-refractivity contribution in [1.82, 2.24) is 4.90 Å². The van der Waals surface area contributed by atoms with E-state index >= 15 is 0 Å². The molecular weight excluding hydrogens is 298 g/mol. The van der Waals surface area contributed by atoms with Crippen molar-refractivity contribution in [3.63, 3.8) is 0 Å². The number of methoxy groups -OCH3 is 1. The maximum Gasteiger partial charge on any atom is 0.348 e. The molecule has 2 aromatic rings. The van der Waals surface area contributed by atoms with Crippen LogP contribution in [-0.4, -0.2) is 41.8 Å². The zero-order valence-electron chi connectivity index (χ0n) is 12.9. The Bertz CT molecular complexity index is 678. The number of nitrogens with zero attached hydrogens (tertiary/aromatic N) is 1. The minimum Gasteiger partial charge on any atom is -0.465 e. The van der Waals surface area contributed by atoms with E-state index in [2.05, 4.69) is 11.0 Å². The summed E-state index contributed by atoms with van der Waals surface area (Å²) in [7, 11) is 1.42. The fourth-order valence-corrected chi connectivity index (χ4v) is 3.98. The molecule has 5 heteroatoms. The van der Waals surface area contributed by atoms with Crippen molar-refractivity contribution in [2.75, 3.05) is 13.7 Å². The number of fused-ring (bicyclic) bond motifs is 1. The number of rotatable bonds is 6. The van der Waals surface area contributed by atoms with Gasteiger partial charge in [0.1, 0.15) is 4.88 Å². The van der Waals surface area contributed by atoms with Gasteiger partial charge in [-0.3, -0.25) is 4.90 Å². The number of aliphatic hydroxyl groups is 1. The first kappa shape index (κ1) is 15.5. The summed E-state index contributed by atoms with van der Waals surface area (Å²) in [6, 6.07) is 8.69. The first-order valence-corrected chi connectivity index (χ1v) is 8.42. The van der Waals surface area contributed by atoms with E-state index in [1.54, 1.807) is 0 Å². The van der Waals surface area contributed by atoms with Crippen molar-refractivity contribution in [2.45, 2.75) is 38.4 Å². The van der Waals surface area contributed by atoms with Crippen LogP contribution in [0.1, 0.15) is 35.0 Å². The highest BCUT2D eigenvalue weighted by Gasteiger charge is 2.33. The average Bonchev–Trinajstić information content (AvgIpc) is 3.32. The summed E-state index contributed by atoms with van der Waals surface area (Å²) in [5.41, 5.74) is 1.03. The molecular formula is C17H21NO3S. The molecule has 0 amide bonds. The smallest absolute Gasteiger partial charge is 0.348 e. The molecule has 3 rings (SSSR count). The fourth-order valence-electron chi connectivity index (χ4n) is 2.85. The highest BCUT2D eigenvalue weighted by atomic mass is 32.1. The summed E-state index contributed by atoms with van der Waals surface area (Å²) in [6.07, 6.45) is 2.33. The van der Waals surface area contributed by atoms with E-state index in [0.29, 0.717) is 17.5 Å². The van der Waals surface area contributed by atoms with Gasteiger partial charge in [-0.1, -0.05) is 18.2 Å². The lowest BCUT2D eigenvalue weighted by molar-refractivity contribution is 0.0602. The summed E-state index contributed by atoms with van der Waals surface area (Å²) in [5.74, 6) is -0.274. The van der Waals surface area contributed by atoms with Crippen LogP contribution in [0, 0.1) is 0 Å². The average molecular weight is 319 g/mol. The van der Waals surface area contributed by atoms with Gasteiger partial charge in [0.15, 0.2) is 0 Å². The van der Waals surface area contributed by atoms with Crippen LogP contribution < -0.4 is 0 Å². The molecule has 1 saturated carbocycles. The molecule has 1 heterocycles. The lowest BCUT2D eigenvalue weighted by atomic mass is 10.1. The monoisotopic (exact) mass is 319 g/mol. The lowest BCUT2D eigenvalue weighted by Gasteiger charge is -2.28. The molecule has 118 valence electrons. The van der Waals surface area contributed by atoms with Gasteiger partial charge in [-0.25, -0.2) is 4.79 Å². The quantitative estimate of drug-likeness (QED) is 0.832. The first-order valence-electron chi connectivity index (χ1n) is 7.61. The molecule has 0 aliphatic heterocycles. The number of carbonyl (C=O) groups excluding carboxylic acids is 1. The van der Waals surface area contributed by atoms with Crippen molar-refractivity contribution >= 4 is 27.4 Å². The van der Waals surface area contributed by atoms with Gasteiger partial charge in [0.05, 0.1) is 13.7 Å². The van der Waals surface area contributed by atoms with E-state index in [1.807, 2.05) is 25.1 Å². The Hall–Kier alpha value is -1.43. The number of hydrogen-bond donors (Lipinski definition) is 1. The molecule has 1 unspecified atom stereocenters. The summed E-state index contributed by atoms with van der Waals surface area (Å²) >= 11 is 1.49. The summed E-state index contributed by atoms with van der Waals surface area (Å²) in [4.78, 5) is 15.1. The second-order valence-electron chi connectivity index (χ2n) is 5.83. The third-order valence-corrected chi connectivity index (χ3v) is 5.45. The van der Waals surface area contributed by atoms with Gasteiger partial charge in [-0.05, 0) is 36.8 Å². The Morgan fingerprint density at radius 2 is 2.18 bits per heavy atom. The van der Waals surface area contributed by atoms with Crippen molar-refractivity contribution in [1.29, 1.82) is 0 Å². The minimum atomic E-state index is -0.274. The topological polar surface area (TPSA) is 49.8 Å². The molecule has 1 N–H and O–H groups in total. The normalized spacial score (nSPS) is 16.2. The molecule has 4 nitrogen and oxygen atoms in total. The largest absolute Gasteiger partial charge is 0.465 e. The minimum absolute atomic E-state index is 0.0941. The Balaban J connectivity index is 2.01. The molecule has 1 aliphatic carbocycles. The van der Waals surface area contributed by atoms with Crippen LogP contribution in [0.15, 0.2) is 24.3 Å². The van der Waals surface area contributed by atoms with Crippen LogP contribution in [0.3, 0.4) is 0 Å². The van der Waals surface area contributed by atoms with Crippen LogP contribution >= 0.6 is 11.3 Å². The van der Waals surface area contributed by atoms with E-state index in [-0.39, 0.29) is 18.6 Å². The summed E-state index contributed by atoms with van der Waals surface area (Å²) in [6.45, 7) is 2.84. The van der Waals surface area contributed by atoms with E-state index in [9.17, 15) is 9.90 Å². The van der Waals surface area contributed by atoms with Crippen LogP contribution in [-0.2, 0) is 11.3 Å². The van der Waals surface area contributed by atoms with Crippen molar-refractivity contribution in [3.05, 3.63) is 34.7 Å². The van der Waals surface area contributed by atoms with Crippen molar-refractivity contribution in [2.24, 2.45) is 0 Å². The number of benzene rings is 1. The standard InChI is InChI=1S/C17H21NO3S/c1-11(10-19)18(12-7-8-12)9-14-13-5-3-4-6-15(13)22-16(14)17(20)21-2/h3-6,11-12,19H,7-10H2,1-2H3. The Labute approximate surface area is 134 Å². The zero-order valence-corrected chi connectivity index (χ0v) is 13.7. The fraction of sp³-hybridized carbons (Fsp3) is 0.471. The van der Waals surface area contributed by atoms with Crippen LogP contribution in [0.4, 0.5) is 0 Å². The van der Waals surface area contributed by atoms with Crippen molar-refractivity contribution in [3.8, 4) is 0 Å². The lowest BCUT2D eigenvalue weighted by Crippen LogP contribution is -2.37. The number of hydrogen-bond acceptors (Lipinski definition) is 5. The van der Waals surface area contributed by atoms with Crippen LogP contribution in [0.25, 0.3) is 10.1 Å². The molecule has 0 bridgehead atoms. The van der Waals surface area contributed by atoms with Gasteiger partial charge in [-0.15, -0.1) is 11.3 Å². The van der Waals surface area contributed by atoms with E-state index in [1.165, 1.54) is 31.3 Å². The van der Waals surface area contributed by atoms with Gasteiger partial charge >= 0.3 is 5.97 Å². The summed E-state index contributed by atoms with van der Waals surface area (Å²) < 4.78 is 6.06. The van der Waals surface area contributed by atoms with Crippen molar-refractivity contribution < 1.29 is 14.6 Å². The number of carbonyl (C=O) groups is 1. The molecule has 1 aromatic heterocycles. The predicted octanol–water partition coefficient (Wildman–Crippen LogP) is 3.03. The van der Waals surface area contributed by atoms with E-state index in [0.717, 1.165) is 15.6 Å². The number of thiophene rings is 1. The van der Waals surface area contributed by atoms with Gasteiger partial charge in [0.25, 0.3) is 0 Å². The van der Waals surface area contributed by atoms with E-state index < -0.39 is 0 Å². The first-order chi connectivity index (χ1) is 10.7. The zero-order chi connectivity index (χ0) is 15.7. The highest BCUT2D eigenvalue weighted by Crippen LogP contribution is 2.36. The molecule has 0 radical (unpaired) electrons. The second kappa shape index (κ2) is 6.36. The number of aliphatic hydroxyl groups excluding tert-OH is 1. The SMILES string of the molecule is COC(=O)c1sc2ccccc2c1CN(C(C)CO)C1CC1. The van der Waals surface area contributed by atoms with Gasteiger partial charge in [0.2, 0.25) is 0 Å². The maximum atomic E-state index is 12.1. The maximum absolute atomic E-state index is 12.1. The third-order valence-electron chi connectivity index (χ3n) is 4.26. The predicted molar refractivity (Wildman–Crippen MR) is 88.3 cm³/mol. The Kier molecular flexibility index (Phi) is 4.47. The van der Waals surface area contributed by atoms with Gasteiger partial charge in [0, 0.05) is 23.3 Å². The van der Waals surface area contributed by atoms with Gasteiger partial charge in [-0.2, -0.15) is 0 Å². The highest BCUT2D eigenvalue weighted by molar-refractivity contribution is 7.21. The molecule has 0 saturated heterocycles. The number of ether oxygens (including phenoxy) is 1. The molecule has 1 aliphatic rings. The van der Waals surface area contributed by atoms with E-state index in [4.69, 9.17) is 4.74 Å². The third kappa shape index (κ3) is 2.89. The Morgan fingerprint density at radius 3 is 2.82 bits per heavy atom.